The molecule has 0 bridgehead atoms. The van der Waals surface area contributed by atoms with Gasteiger partial charge in [0.25, 0.3) is 5.91 Å². The second-order valence-electron chi connectivity index (χ2n) is 9.87. The number of hydrogen-bond acceptors (Lipinski definition) is 7. The van der Waals surface area contributed by atoms with Crippen LogP contribution in [0.15, 0.2) is 51.6 Å². The minimum Gasteiger partial charge on any atom is -0.466 e. The van der Waals surface area contributed by atoms with Gasteiger partial charge in [-0.25, -0.2) is 4.99 Å². The summed E-state index contributed by atoms with van der Waals surface area (Å²) < 4.78 is 5.17. The zero-order valence-electron chi connectivity index (χ0n) is 23.0. The number of rotatable bonds is 8. The maximum absolute atomic E-state index is 13.8. The highest BCUT2D eigenvalue weighted by molar-refractivity contribution is 8.16. The van der Waals surface area contributed by atoms with E-state index in [-0.39, 0.29) is 36.2 Å². The molecule has 3 heterocycles. The molecule has 0 aliphatic carbocycles. The van der Waals surface area contributed by atoms with E-state index in [0.29, 0.717) is 56.9 Å². The number of aliphatic imine (C=N–C) groups is 1. The van der Waals surface area contributed by atoms with Gasteiger partial charge in [-0.3, -0.25) is 14.4 Å². The van der Waals surface area contributed by atoms with Gasteiger partial charge in [0.1, 0.15) is 0 Å². The third kappa shape index (κ3) is 5.67. The Bertz CT molecular complexity index is 1180. The zero-order chi connectivity index (χ0) is 27.4. The van der Waals surface area contributed by atoms with Crippen molar-refractivity contribution in [3.05, 3.63) is 57.8 Å². The highest BCUT2D eigenvalue weighted by Crippen LogP contribution is 2.45. The third-order valence-electron chi connectivity index (χ3n) is 7.44. The number of carbonyl (C=O) groups is 3. The molecule has 1 aromatic carbocycles. The first-order chi connectivity index (χ1) is 18.3. The fourth-order valence-corrected chi connectivity index (χ4v) is 6.34. The summed E-state index contributed by atoms with van der Waals surface area (Å²) in [5, 5.41) is 2.78. The first-order valence-electron chi connectivity index (χ1n) is 13.5. The average molecular weight is 539 g/mol. The van der Waals surface area contributed by atoms with Crippen molar-refractivity contribution >= 4 is 34.7 Å². The third-order valence-corrected chi connectivity index (χ3v) is 8.33. The number of esters is 1. The molecule has 2 amide bonds. The van der Waals surface area contributed by atoms with E-state index in [1.165, 1.54) is 11.8 Å². The van der Waals surface area contributed by atoms with Crippen molar-refractivity contribution in [3.8, 4) is 0 Å². The van der Waals surface area contributed by atoms with Crippen LogP contribution >= 0.6 is 11.8 Å². The number of thioether (sulfide) groups is 1. The van der Waals surface area contributed by atoms with E-state index in [0.717, 1.165) is 22.0 Å². The molecule has 0 aromatic heterocycles. The number of piperidine rings is 1. The standard InChI is InChI=1S/C29H38N4O4S/c1-6-31(7-2)27(35)25-20(5)30-29-33(26(25)22-11-9-10-19(4)16-22)23(18-38-29)17-24(34)32-14-12-21(13-15-32)28(36)37-8-3/h9-11,16,18,21,26H,6-8,12-15,17H2,1-5H3. The molecule has 1 unspecified atom stereocenters. The summed E-state index contributed by atoms with van der Waals surface area (Å²) in [6, 6.07) is 7.85. The number of amides is 2. The van der Waals surface area contributed by atoms with E-state index in [1.54, 1.807) is 0 Å². The van der Waals surface area contributed by atoms with Crippen LogP contribution in [0.25, 0.3) is 0 Å². The lowest BCUT2D eigenvalue weighted by Gasteiger charge is -2.38. The second-order valence-corrected chi connectivity index (χ2v) is 10.7. The van der Waals surface area contributed by atoms with E-state index in [9.17, 15) is 14.4 Å². The molecule has 1 saturated heterocycles. The fourth-order valence-electron chi connectivity index (χ4n) is 5.37. The number of likely N-dealkylation sites (N-methyl/N-ethyl adjacent to an activating group) is 1. The van der Waals surface area contributed by atoms with Gasteiger partial charge in [-0.1, -0.05) is 41.6 Å². The highest BCUT2D eigenvalue weighted by Gasteiger charge is 2.42. The molecule has 9 heteroatoms. The average Bonchev–Trinajstić information content (AvgIpc) is 3.30. The number of amidine groups is 1. The Morgan fingerprint density at radius 3 is 2.45 bits per heavy atom. The number of aryl methyl sites for hydroxylation is 1. The van der Waals surface area contributed by atoms with Crippen LogP contribution in [0, 0.1) is 12.8 Å². The van der Waals surface area contributed by atoms with Crippen molar-refractivity contribution < 1.29 is 19.1 Å². The van der Waals surface area contributed by atoms with E-state index < -0.39 is 0 Å². The van der Waals surface area contributed by atoms with Crippen molar-refractivity contribution in [2.24, 2.45) is 10.9 Å². The lowest BCUT2D eigenvalue weighted by molar-refractivity contribution is -0.151. The highest BCUT2D eigenvalue weighted by atomic mass is 32.2. The van der Waals surface area contributed by atoms with Crippen LogP contribution < -0.4 is 0 Å². The first kappa shape index (κ1) is 28.0. The van der Waals surface area contributed by atoms with Crippen LogP contribution in [0.4, 0.5) is 0 Å². The molecule has 38 heavy (non-hydrogen) atoms. The van der Waals surface area contributed by atoms with Gasteiger partial charge in [0, 0.05) is 31.9 Å². The Balaban J connectivity index is 1.59. The van der Waals surface area contributed by atoms with Crippen LogP contribution in [0.5, 0.6) is 0 Å². The molecular formula is C29H38N4O4S. The van der Waals surface area contributed by atoms with Gasteiger partial charge in [-0.05, 0) is 58.4 Å². The van der Waals surface area contributed by atoms with Gasteiger partial charge < -0.3 is 19.4 Å². The van der Waals surface area contributed by atoms with E-state index in [2.05, 4.69) is 11.0 Å². The number of fused-ring (bicyclic) bond motifs is 1. The summed E-state index contributed by atoms with van der Waals surface area (Å²) >= 11 is 1.50. The van der Waals surface area contributed by atoms with Crippen molar-refractivity contribution in [3.63, 3.8) is 0 Å². The maximum Gasteiger partial charge on any atom is 0.309 e. The summed E-state index contributed by atoms with van der Waals surface area (Å²) in [5.74, 6) is -0.317. The van der Waals surface area contributed by atoms with Gasteiger partial charge in [-0.2, -0.15) is 0 Å². The number of benzene rings is 1. The number of nitrogens with zero attached hydrogens (tertiary/aromatic N) is 4. The smallest absolute Gasteiger partial charge is 0.309 e. The number of hydrogen-bond donors (Lipinski definition) is 0. The van der Waals surface area contributed by atoms with Crippen molar-refractivity contribution in [1.29, 1.82) is 0 Å². The van der Waals surface area contributed by atoms with Gasteiger partial charge >= 0.3 is 5.97 Å². The van der Waals surface area contributed by atoms with Gasteiger partial charge in [0.15, 0.2) is 5.17 Å². The monoisotopic (exact) mass is 538 g/mol. The number of likely N-dealkylation sites (tertiary alicyclic amines) is 1. The molecule has 3 aliphatic heterocycles. The SMILES string of the molecule is CCOC(=O)C1CCN(C(=O)CC2=CSC3=NC(C)=C(C(=O)N(CC)CC)C(c4cccc(C)c4)N23)CC1. The summed E-state index contributed by atoms with van der Waals surface area (Å²) in [5.41, 5.74) is 4.32. The lowest BCUT2D eigenvalue weighted by Crippen LogP contribution is -2.43. The number of ether oxygens (including phenoxy) is 1. The van der Waals surface area contributed by atoms with E-state index in [4.69, 9.17) is 9.73 Å². The first-order valence-corrected chi connectivity index (χ1v) is 14.4. The molecule has 1 atom stereocenters. The summed E-state index contributed by atoms with van der Waals surface area (Å²) in [6.45, 7) is 12.4. The minimum atomic E-state index is -0.362. The fraction of sp³-hybridized carbons (Fsp3) is 0.517. The summed E-state index contributed by atoms with van der Waals surface area (Å²) in [7, 11) is 0. The maximum atomic E-state index is 13.8. The zero-order valence-corrected chi connectivity index (χ0v) is 23.8. The summed E-state index contributed by atoms with van der Waals surface area (Å²) in [6.07, 6.45) is 1.44. The minimum absolute atomic E-state index is 0.0197. The largest absolute Gasteiger partial charge is 0.466 e. The topological polar surface area (TPSA) is 82.5 Å². The molecule has 1 aromatic rings. The van der Waals surface area contributed by atoms with E-state index >= 15 is 0 Å². The predicted octanol–water partition coefficient (Wildman–Crippen LogP) is 4.63. The van der Waals surface area contributed by atoms with Crippen LogP contribution in [0.1, 0.15) is 64.1 Å². The van der Waals surface area contributed by atoms with Crippen LogP contribution in [0.3, 0.4) is 0 Å². The number of carbonyl (C=O) groups excluding carboxylic acids is 3. The summed E-state index contributed by atoms with van der Waals surface area (Å²) in [4.78, 5) is 49.9. The molecule has 0 saturated carbocycles. The van der Waals surface area contributed by atoms with Gasteiger partial charge in [0.05, 0.1) is 36.3 Å². The molecular weight excluding hydrogens is 500 g/mol. The Hall–Kier alpha value is -3.07. The van der Waals surface area contributed by atoms with Gasteiger partial charge in [0.2, 0.25) is 5.91 Å². The van der Waals surface area contributed by atoms with Crippen molar-refractivity contribution in [2.75, 3.05) is 32.8 Å². The van der Waals surface area contributed by atoms with Crippen LogP contribution in [-0.4, -0.2) is 70.4 Å². The van der Waals surface area contributed by atoms with Crippen molar-refractivity contribution in [1.82, 2.24) is 14.7 Å². The normalized spacial score (nSPS) is 19.7. The Morgan fingerprint density at radius 2 is 1.82 bits per heavy atom. The molecule has 0 N–H and O–H groups in total. The Kier molecular flexibility index (Phi) is 8.97. The molecule has 0 spiro atoms. The Labute approximate surface area is 229 Å². The Morgan fingerprint density at radius 1 is 1.11 bits per heavy atom. The molecule has 0 radical (unpaired) electrons. The molecule has 4 rings (SSSR count). The predicted molar refractivity (Wildman–Crippen MR) is 150 cm³/mol. The van der Waals surface area contributed by atoms with E-state index in [1.807, 2.05) is 68.0 Å². The quantitative estimate of drug-likeness (QED) is 0.449. The van der Waals surface area contributed by atoms with Crippen LogP contribution in [0.2, 0.25) is 0 Å². The number of allylic oxidation sites excluding steroid dienone is 1. The lowest BCUT2D eigenvalue weighted by atomic mass is 9.91. The molecule has 204 valence electrons. The second kappa shape index (κ2) is 12.2. The molecule has 3 aliphatic rings. The molecule has 1 fully saturated rings. The van der Waals surface area contributed by atoms with Crippen molar-refractivity contribution in [2.45, 2.75) is 59.9 Å². The molecule has 8 nitrogen and oxygen atoms in total. The van der Waals surface area contributed by atoms with Crippen LogP contribution in [-0.2, 0) is 19.1 Å². The van der Waals surface area contributed by atoms with Gasteiger partial charge in [-0.15, -0.1) is 0 Å².